The summed E-state index contributed by atoms with van der Waals surface area (Å²) < 4.78 is 13.8. The monoisotopic (exact) mass is 299 g/mol. The van der Waals surface area contributed by atoms with Gasteiger partial charge < -0.3 is 5.32 Å². The Bertz CT molecular complexity index is 435. The molecule has 1 aliphatic carbocycles. The summed E-state index contributed by atoms with van der Waals surface area (Å²) in [6, 6.07) is 4.29. The number of carbonyl (C=O) groups excluding carboxylic acids is 1. The first-order valence-corrected chi connectivity index (χ1v) is 6.63. The van der Waals surface area contributed by atoms with Gasteiger partial charge in [-0.05, 0) is 52.9 Å². The lowest BCUT2D eigenvalue weighted by Crippen LogP contribution is -2.24. The van der Waals surface area contributed by atoms with Crippen LogP contribution < -0.4 is 5.32 Å². The molecule has 1 saturated carbocycles. The molecule has 1 aromatic carbocycles. The van der Waals surface area contributed by atoms with E-state index in [0.29, 0.717) is 16.1 Å². The van der Waals surface area contributed by atoms with E-state index in [1.165, 1.54) is 12.1 Å². The second kappa shape index (κ2) is 5.17. The first-order chi connectivity index (χ1) is 8.08. The van der Waals surface area contributed by atoms with Crippen molar-refractivity contribution in [3.63, 3.8) is 0 Å². The third kappa shape index (κ3) is 2.86. The Kier molecular flexibility index (Phi) is 3.82. The molecule has 1 N–H and O–H groups in total. The van der Waals surface area contributed by atoms with E-state index in [0.717, 1.165) is 19.3 Å². The van der Waals surface area contributed by atoms with Crippen molar-refractivity contribution in [1.29, 1.82) is 0 Å². The van der Waals surface area contributed by atoms with Gasteiger partial charge in [0.15, 0.2) is 0 Å². The van der Waals surface area contributed by atoms with Gasteiger partial charge in [0.05, 0.1) is 5.69 Å². The van der Waals surface area contributed by atoms with E-state index in [-0.39, 0.29) is 17.6 Å². The number of anilines is 1. The van der Waals surface area contributed by atoms with Crippen LogP contribution in [0.2, 0.25) is 0 Å². The number of rotatable bonds is 2. The minimum absolute atomic E-state index is 0.00120. The van der Waals surface area contributed by atoms with Gasteiger partial charge in [0.2, 0.25) is 5.91 Å². The van der Waals surface area contributed by atoms with Crippen LogP contribution in [0.25, 0.3) is 0 Å². The van der Waals surface area contributed by atoms with Crippen molar-refractivity contribution in [1.82, 2.24) is 0 Å². The third-order valence-corrected chi connectivity index (χ3v) is 4.08. The lowest BCUT2D eigenvalue weighted by molar-refractivity contribution is -0.120. The average molecular weight is 300 g/mol. The molecule has 17 heavy (non-hydrogen) atoms. The number of benzene rings is 1. The van der Waals surface area contributed by atoms with Crippen molar-refractivity contribution in [3.05, 3.63) is 28.5 Å². The quantitative estimate of drug-likeness (QED) is 0.880. The van der Waals surface area contributed by atoms with E-state index in [1.807, 2.05) is 0 Å². The van der Waals surface area contributed by atoms with Gasteiger partial charge in [0.1, 0.15) is 5.82 Å². The predicted molar refractivity (Wildman–Crippen MR) is 69.2 cm³/mol. The molecule has 0 heterocycles. The first-order valence-electron chi connectivity index (χ1n) is 5.84. The molecule has 2 atom stereocenters. The largest absolute Gasteiger partial charge is 0.325 e. The summed E-state index contributed by atoms with van der Waals surface area (Å²) in [6.07, 6.45) is 3.13. The van der Waals surface area contributed by atoms with E-state index in [2.05, 4.69) is 28.2 Å². The van der Waals surface area contributed by atoms with Gasteiger partial charge in [-0.3, -0.25) is 4.79 Å². The van der Waals surface area contributed by atoms with Crippen LogP contribution >= 0.6 is 15.9 Å². The van der Waals surface area contributed by atoms with Gasteiger partial charge in [-0.1, -0.05) is 13.3 Å². The fourth-order valence-electron chi connectivity index (χ4n) is 2.35. The van der Waals surface area contributed by atoms with Gasteiger partial charge in [-0.2, -0.15) is 0 Å². The Labute approximate surface area is 109 Å². The van der Waals surface area contributed by atoms with E-state index in [9.17, 15) is 9.18 Å². The summed E-state index contributed by atoms with van der Waals surface area (Å²) >= 11 is 3.30. The van der Waals surface area contributed by atoms with E-state index < -0.39 is 0 Å². The van der Waals surface area contributed by atoms with Gasteiger partial charge in [0.25, 0.3) is 0 Å². The van der Waals surface area contributed by atoms with Gasteiger partial charge in [0, 0.05) is 10.4 Å². The molecule has 2 rings (SSSR count). The van der Waals surface area contributed by atoms with Crippen LogP contribution in [0.4, 0.5) is 10.1 Å². The molecule has 1 fully saturated rings. The Morgan fingerprint density at radius 1 is 1.47 bits per heavy atom. The van der Waals surface area contributed by atoms with Crippen molar-refractivity contribution >= 4 is 27.5 Å². The van der Waals surface area contributed by atoms with Crippen molar-refractivity contribution in [3.8, 4) is 0 Å². The van der Waals surface area contributed by atoms with Crippen LogP contribution in [-0.2, 0) is 4.79 Å². The molecular weight excluding hydrogens is 285 g/mol. The molecular formula is C13H15BrFNO. The van der Waals surface area contributed by atoms with Crippen molar-refractivity contribution in [2.45, 2.75) is 26.2 Å². The van der Waals surface area contributed by atoms with Crippen LogP contribution in [0, 0.1) is 17.7 Å². The van der Waals surface area contributed by atoms with Gasteiger partial charge in [-0.15, -0.1) is 0 Å². The second-order valence-electron chi connectivity index (χ2n) is 4.63. The number of hydrogen-bond acceptors (Lipinski definition) is 1. The van der Waals surface area contributed by atoms with Crippen molar-refractivity contribution < 1.29 is 9.18 Å². The summed E-state index contributed by atoms with van der Waals surface area (Å²) in [5, 5.41) is 2.80. The molecule has 0 saturated heterocycles. The summed E-state index contributed by atoms with van der Waals surface area (Å²) in [6.45, 7) is 2.10. The smallest absolute Gasteiger partial charge is 0.227 e. The number of nitrogens with one attached hydrogen (secondary N) is 1. The first kappa shape index (κ1) is 12.6. The van der Waals surface area contributed by atoms with E-state index in [1.54, 1.807) is 6.07 Å². The van der Waals surface area contributed by atoms with Crippen LogP contribution in [-0.4, -0.2) is 5.91 Å². The molecule has 1 amide bonds. The maximum atomic E-state index is 13.1. The number of hydrogen-bond donors (Lipinski definition) is 1. The normalized spacial score (nSPS) is 23.7. The minimum Gasteiger partial charge on any atom is -0.325 e. The maximum Gasteiger partial charge on any atom is 0.227 e. The van der Waals surface area contributed by atoms with E-state index >= 15 is 0 Å². The fraction of sp³-hybridized carbons (Fsp3) is 0.462. The maximum absolute atomic E-state index is 13.1. The lowest BCUT2D eigenvalue weighted by atomic mass is 9.97. The van der Waals surface area contributed by atoms with Crippen LogP contribution in [0.1, 0.15) is 26.2 Å². The Morgan fingerprint density at radius 2 is 2.24 bits per heavy atom. The summed E-state index contributed by atoms with van der Waals surface area (Å²) in [5.41, 5.74) is 0.508. The molecule has 0 radical (unpaired) electrons. The highest BCUT2D eigenvalue weighted by Crippen LogP contribution is 2.33. The lowest BCUT2D eigenvalue weighted by Gasteiger charge is -2.15. The molecule has 0 spiro atoms. The summed E-state index contributed by atoms with van der Waals surface area (Å²) in [7, 11) is 0. The predicted octanol–water partition coefficient (Wildman–Crippen LogP) is 3.96. The average Bonchev–Trinajstić information content (AvgIpc) is 2.70. The molecule has 1 aliphatic rings. The Morgan fingerprint density at radius 3 is 2.88 bits per heavy atom. The van der Waals surface area contributed by atoms with Crippen LogP contribution in [0.5, 0.6) is 0 Å². The highest BCUT2D eigenvalue weighted by atomic mass is 79.9. The second-order valence-corrected chi connectivity index (χ2v) is 5.48. The standard InChI is InChI=1S/C13H15BrFNO/c1-8-3-2-4-10(8)13(17)16-12-7-9(15)5-6-11(12)14/h5-8,10H,2-4H2,1H3,(H,16,17). The molecule has 92 valence electrons. The minimum atomic E-state index is -0.344. The van der Waals surface area contributed by atoms with Crippen molar-refractivity contribution in [2.75, 3.05) is 5.32 Å². The van der Waals surface area contributed by atoms with Gasteiger partial charge >= 0.3 is 0 Å². The van der Waals surface area contributed by atoms with E-state index in [4.69, 9.17) is 0 Å². The highest BCUT2D eigenvalue weighted by molar-refractivity contribution is 9.10. The molecule has 1 aromatic rings. The Hall–Kier alpha value is -0.900. The van der Waals surface area contributed by atoms with Gasteiger partial charge in [-0.25, -0.2) is 4.39 Å². The third-order valence-electron chi connectivity index (χ3n) is 3.38. The molecule has 0 aromatic heterocycles. The number of amides is 1. The molecule has 0 bridgehead atoms. The van der Waals surface area contributed by atoms with Crippen LogP contribution in [0.15, 0.2) is 22.7 Å². The number of halogens is 2. The summed E-state index contributed by atoms with van der Waals surface area (Å²) in [5.74, 6) is 0.136. The zero-order valence-electron chi connectivity index (χ0n) is 9.67. The molecule has 2 unspecified atom stereocenters. The topological polar surface area (TPSA) is 29.1 Å². The zero-order chi connectivity index (χ0) is 12.4. The molecule has 0 aliphatic heterocycles. The SMILES string of the molecule is CC1CCCC1C(=O)Nc1cc(F)ccc1Br. The van der Waals surface area contributed by atoms with Crippen molar-refractivity contribution in [2.24, 2.45) is 11.8 Å². The summed E-state index contributed by atoms with van der Waals surface area (Å²) in [4.78, 5) is 12.0. The highest BCUT2D eigenvalue weighted by Gasteiger charge is 2.29. The molecule has 4 heteroatoms. The Balaban J connectivity index is 2.10. The molecule has 2 nitrogen and oxygen atoms in total. The number of carbonyl (C=O) groups is 1. The zero-order valence-corrected chi connectivity index (χ0v) is 11.3. The van der Waals surface area contributed by atoms with Crippen LogP contribution in [0.3, 0.4) is 0 Å². The fourth-order valence-corrected chi connectivity index (χ4v) is 2.70.